The van der Waals surface area contributed by atoms with Crippen molar-refractivity contribution in [1.29, 1.82) is 0 Å². The maximum atomic E-state index is 11.5. The van der Waals surface area contributed by atoms with Crippen LogP contribution in [0.2, 0.25) is 64.5 Å². The summed E-state index contributed by atoms with van der Waals surface area (Å²) in [6.45, 7) is 16.1. The van der Waals surface area contributed by atoms with Gasteiger partial charge in [-0.25, -0.2) is 0 Å². The van der Waals surface area contributed by atoms with Crippen molar-refractivity contribution in [2.75, 3.05) is 0 Å². The van der Waals surface area contributed by atoms with E-state index in [2.05, 4.69) is 19.6 Å². The zero-order valence-corrected chi connectivity index (χ0v) is 27.5. The van der Waals surface area contributed by atoms with Crippen LogP contribution in [0.5, 0.6) is 0 Å². The largest absolute Gasteiger partial charge is 0.481 e. The molecule has 0 aromatic heterocycles. The van der Waals surface area contributed by atoms with Gasteiger partial charge in [-0.15, -0.1) is 0 Å². The molecule has 3 unspecified atom stereocenters. The molecule has 0 bridgehead atoms. The van der Waals surface area contributed by atoms with Gasteiger partial charge in [-0.2, -0.15) is 0 Å². The van der Waals surface area contributed by atoms with Crippen molar-refractivity contribution in [3.63, 3.8) is 0 Å². The summed E-state index contributed by atoms with van der Waals surface area (Å²) >= 11 is 0. The van der Waals surface area contributed by atoms with E-state index >= 15 is 0 Å². The van der Waals surface area contributed by atoms with E-state index in [1.165, 1.54) is 0 Å². The Morgan fingerprint density at radius 3 is 1.38 bits per heavy atom. The Bertz CT molecular complexity index is 798. The number of rotatable bonds is 20. The van der Waals surface area contributed by atoms with Gasteiger partial charge in [0.1, 0.15) is 0 Å². The van der Waals surface area contributed by atoms with Crippen molar-refractivity contribution < 1.29 is 51.9 Å². The lowest BCUT2D eigenvalue weighted by atomic mass is 10.0. The summed E-state index contributed by atoms with van der Waals surface area (Å²) < 4.78 is 19.7. The molecule has 3 atom stereocenters. The van der Waals surface area contributed by atoms with E-state index in [0.717, 1.165) is 0 Å². The molecule has 0 heterocycles. The highest BCUT2D eigenvalue weighted by Gasteiger charge is 2.45. The number of hydrogen-bond donors (Lipinski definition) is 4. The topological polar surface area (TPSA) is 177 Å². The molecule has 216 valence electrons. The van der Waals surface area contributed by atoms with Crippen molar-refractivity contribution in [2.24, 2.45) is 11.8 Å². The van der Waals surface area contributed by atoms with Crippen molar-refractivity contribution in [1.82, 2.24) is 0 Å². The minimum atomic E-state index is -2.92. The number of carbonyl (C=O) groups is 4. The highest BCUT2D eigenvalue weighted by molar-refractivity contribution is 6.89. The van der Waals surface area contributed by atoms with E-state index < -0.39 is 82.3 Å². The molecule has 0 aliphatic carbocycles. The van der Waals surface area contributed by atoms with E-state index in [9.17, 15) is 29.4 Å². The van der Waals surface area contributed by atoms with Crippen LogP contribution in [0.15, 0.2) is 0 Å². The Balaban J connectivity index is 5.57. The van der Waals surface area contributed by atoms with Crippen LogP contribution in [0.1, 0.15) is 38.5 Å². The lowest BCUT2D eigenvalue weighted by Crippen LogP contribution is -2.57. The summed E-state index contributed by atoms with van der Waals surface area (Å²) in [5.74, 6) is -6.53. The summed E-state index contributed by atoms with van der Waals surface area (Å²) in [6, 6.07) is 1.07. The third kappa shape index (κ3) is 17.0. The minimum absolute atomic E-state index is 0.186. The monoisotopic (exact) mass is 598 g/mol. The number of hydrogen-bond acceptors (Lipinski definition) is 7. The Morgan fingerprint density at radius 1 is 0.622 bits per heavy atom. The molecule has 0 radical (unpaired) electrons. The van der Waals surface area contributed by atoms with E-state index in [1.807, 2.05) is 32.7 Å². The molecule has 37 heavy (non-hydrogen) atoms. The van der Waals surface area contributed by atoms with E-state index in [0.29, 0.717) is 24.9 Å². The molecule has 0 spiro atoms. The van der Waals surface area contributed by atoms with Crippen LogP contribution in [0, 0.1) is 11.8 Å². The maximum absolute atomic E-state index is 11.5. The van der Waals surface area contributed by atoms with Crippen molar-refractivity contribution in [2.45, 2.75) is 103 Å². The zero-order valence-electron chi connectivity index (χ0n) is 23.5. The third-order valence-corrected chi connectivity index (χ3v) is 20.4. The van der Waals surface area contributed by atoms with Gasteiger partial charge in [0, 0.05) is 0 Å². The van der Waals surface area contributed by atoms with Gasteiger partial charge in [0.05, 0.1) is 24.7 Å². The first-order valence-electron chi connectivity index (χ1n) is 12.6. The van der Waals surface area contributed by atoms with E-state index in [4.69, 9.17) is 22.6 Å². The predicted molar refractivity (Wildman–Crippen MR) is 148 cm³/mol. The average Bonchev–Trinajstić information content (AvgIpc) is 2.62. The normalized spacial score (nSPS) is 16.0. The van der Waals surface area contributed by atoms with Crippen molar-refractivity contribution in [3.8, 4) is 0 Å². The standard InChI is InChI=1S/C22H46O11Si4/c1-34(2,3)31-36(6,7)33-37(8,14-10-12-18(22(29)30)16-20(25)26)32-35(4,5)13-9-11-17(21(27)28)15-19(23)24/h17-18H,9-16H2,1-8H3,(H,23,24)(H,25,26)(H,27,28)(H,29,30). The molecule has 0 fully saturated rings. The van der Waals surface area contributed by atoms with Crippen LogP contribution in [-0.2, 0) is 31.5 Å². The number of carboxylic acid groups (broad SMARTS) is 4. The molecule has 11 nitrogen and oxygen atoms in total. The first-order chi connectivity index (χ1) is 16.6. The first kappa shape index (κ1) is 35.6. The fraction of sp³-hybridized carbons (Fsp3) is 0.818. The van der Waals surface area contributed by atoms with Gasteiger partial charge in [-0.1, -0.05) is 12.8 Å². The van der Waals surface area contributed by atoms with Gasteiger partial charge in [0.2, 0.25) is 0 Å². The first-order valence-corrected chi connectivity index (χ1v) is 24.4. The summed E-state index contributed by atoms with van der Waals surface area (Å²) in [6.07, 6.45) is 0.465. The predicted octanol–water partition coefficient (Wildman–Crippen LogP) is 4.76. The van der Waals surface area contributed by atoms with E-state index in [-0.39, 0.29) is 12.8 Å². The van der Waals surface area contributed by atoms with Gasteiger partial charge in [-0.3, -0.25) is 19.2 Å². The summed E-state index contributed by atoms with van der Waals surface area (Å²) in [5, 5.41) is 36.7. The SMILES string of the molecule is C[Si](C)(C)O[Si](C)(C)O[Si](C)(CCCC(CC(=O)O)C(=O)O)O[Si](C)(C)CCCC(CC(=O)O)C(=O)O. The maximum Gasteiger partial charge on any atom is 0.315 e. The number of carboxylic acids is 4. The molecule has 0 aliphatic rings. The molecular formula is C22H46O11Si4. The fourth-order valence-electron chi connectivity index (χ4n) is 4.53. The fourth-order valence-corrected chi connectivity index (χ4v) is 23.5. The van der Waals surface area contributed by atoms with Gasteiger partial charge in [0.15, 0.2) is 16.6 Å². The lowest BCUT2D eigenvalue weighted by Gasteiger charge is -2.42. The summed E-state index contributed by atoms with van der Waals surface area (Å²) in [7, 11) is -9.85. The lowest BCUT2D eigenvalue weighted by molar-refractivity contribution is -0.148. The smallest absolute Gasteiger partial charge is 0.315 e. The highest BCUT2D eigenvalue weighted by Crippen LogP contribution is 2.31. The van der Waals surface area contributed by atoms with E-state index in [1.54, 1.807) is 0 Å². The Kier molecular flexibility index (Phi) is 14.1. The summed E-state index contributed by atoms with van der Waals surface area (Å²) in [4.78, 5) is 44.9. The van der Waals surface area contributed by atoms with Gasteiger partial charge in [0.25, 0.3) is 0 Å². The van der Waals surface area contributed by atoms with Crippen LogP contribution in [0.4, 0.5) is 0 Å². The molecule has 0 amide bonds. The Morgan fingerprint density at radius 2 is 1.03 bits per heavy atom. The highest BCUT2D eigenvalue weighted by atomic mass is 28.5. The van der Waals surface area contributed by atoms with Crippen LogP contribution in [-0.4, -0.2) is 78.1 Å². The molecule has 0 aliphatic heterocycles. The number of aliphatic carboxylic acids is 4. The van der Waals surface area contributed by atoms with Crippen LogP contribution in [0.3, 0.4) is 0 Å². The molecule has 0 aromatic rings. The second-order valence-electron chi connectivity index (χ2n) is 11.8. The molecule has 0 rings (SSSR count). The summed E-state index contributed by atoms with van der Waals surface area (Å²) in [5.41, 5.74) is 0. The second-order valence-corrected chi connectivity index (χ2v) is 28.0. The molecule has 0 aromatic carbocycles. The molecule has 4 N–H and O–H groups in total. The van der Waals surface area contributed by atoms with Crippen LogP contribution in [0.25, 0.3) is 0 Å². The van der Waals surface area contributed by atoms with Crippen molar-refractivity contribution >= 4 is 57.6 Å². The van der Waals surface area contributed by atoms with Gasteiger partial charge in [-0.05, 0) is 77.3 Å². The van der Waals surface area contributed by atoms with Crippen LogP contribution >= 0.6 is 0 Å². The molecule has 15 heteroatoms. The molecular weight excluding hydrogens is 553 g/mol. The zero-order chi connectivity index (χ0) is 29.2. The Labute approximate surface area is 224 Å². The Hall–Kier alpha value is -1.37. The second kappa shape index (κ2) is 14.7. The minimum Gasteiger partial charge on any atom is -0.481 e. The molecule has 0 saturated carbocycles. The molecule has 0 saturated heterocycles. The quantitative estimate of drug-likeness (QED) is 0.142. The third-order valence-electron chi connectivity index (χ3n) is 5.56. The average molecular weight is 599 g/mol. The van der Waals surface area contributed by atoms with Gasteiger partial charge < -0.3 is 32.8 Å². The van der Waals surface area contributed by atoms with Crippen molar-refractivity contribution in [3.05, 3.63) is 0 Å². The van der Waals surface area contributed by atoms with Crippen LogP contribution < -0.4 is 0 Å². The van der Waals surface area contributed by atoms with Gasteiger partial charge >= 0.3 is 41.0 Å².